The first-order chi connectivity index (χ1) is 7.74. The van der Waals surface area contributed by atoms with Crippen LogP contribution in [0, 0.1) is 0 Å². The Balaban J connectivity index is 2.17. The van der Waals surface area contributed by atoms with Gasteiger partial charge in [0.2, 0.25) is 0 Å². The van der Waals surface area contributed by atoms with Gasteiger partial charge in [0, 0.05) is 30.8 Å². The van der Waals surface area contributed by atoms with Crippen molar-refractivity contribution in [3.8, 4) is 0 Å². The summed E-state index contributed by atoms with van der Waals surface area (Å²) in [6.45, 7) is 3.74. The zero-order valence-electron chi connectivity index (χ0n) is 9.72. The van der Waals surface area contributed by atoms with E-state index in [0.717, 1.165) is 30.3 Å². The summed E-state index contributed by atoms with van der Waals surface area (Å²) in [4.78, 5) is 14.5. The minimum atomic E-state index is 0.0146. The Hall–Kier alpha value is -0.810. The Labute approximate surface area is 100.0 Å². The highest BCUT2D eigenvalue weighted by Gasteiger charge is 2.28. The van der Waals surface area contributed by atoms with Crippen molar-refractivity contribution in [2.24, 2.45) is 0 Å². The Morgan fingerprint density at radius 3 is 3.19 bits per heavy atom. The molecule has 0 saturated carbocycles. The van der Waals surface area contributed by atoms with Gasteiger partial charge < -0.3 is 0 Å². The molecule has 0 N–H and O–H groups in total. The normalized spacial score (nSPS) is 22.2. The maximum absolute atomic E-state index is 12.3. The summed E-state index contributed by atoms with van der Waals surface area (Å²) in [6.07, 6.45) is 1.70. The number of carbonyl (C=O) groups is 1. The standard InChI is InChI=1S/C11H17N3OS/c1-3-14-9(4-5-12-14)11(15)10-8-16-7-6-13(10)2/h4-5,10H,3,6-8H2,1-2H3. The fraction of sp³-hybridized carbons (Fsp3) is 0.636. The van der Waals surface area contributed by atoms with Crippen molar-refractivity contribution >= 4 is 17.5 Å². The maximum atomic E-state index is 12.3. The highest BCUT2D eigenvalue weighted by molar-refractivity contribution is 7.99. The van der Waals surface area contributed by atoms with Crippen LogP contribution in [-0.2, 0) is 6.54 Å². The molecule has 88 valence electrons. The number of hydrogen-bond donors (Lipinski definition) is 0. The van der Waals surface area contributed by atoms with Gasteiger partial charge in [-0.2, -0.15) is 16.9 Å². The van der Waals surface area contributed by atoms with E-state index in [1.807, 2.05) is 31.8 Å². The van der Waals surface area contributed by atoms with Crippen LogP contribution < -0.4 is 0 Å². The van der Waals surface area contributed by atoms with E-state index >= 15 is 0 Å². The van der Waals surface area contributed by atoms with Crippen LogP contribution in [0.1, 0.15) is 17.4 Å². The molecule has 0 radical (unpaired) electrons. The van der Waals surface area contributed by atoms with E-state index in [4.69, 9.17) is 0 Å². The molecule has 1 aliphatic heterocycles. The second kappa shape index (κ2) is 5.01. The highest BCUT2D eigenvalue weighted by Crippen LogP contribution is 2.18. The van der Waals surface area contributed by atoms with Crippen LogP contribution in [0.2, 0.25) is 0 Å². The smallest absolute Gasteiger partial charge is 0.198 e. The molecule has 0 amide bonds. The van der Waals surface area contributed by atoms with Crippen LogP contribution in [0.3, 0.4) is 0 Å². The molecule has 1 aromatic rings. The topological polar surface area (TPSA) is 38.1 Å². The predicted octanol–water partition coefficient (Wildman–Crippen LogP) is 1.13. The van der Waals surface area contributed by atoms with Crippen molar-refractivity contribution in [1.82, 2.24) is 14.7 Å². The van der Waals surface area contributed by atoms with E-state index in [1.165, 1.54) is 0 Å². The molecule has 1 atom stereocenters. The molecule has 2 rings (SSSR count). The molecule has 0 aliphatic carbocycles. The number of hydrogen-bond acceptors (Lipinski definition) is 4. The number of rotatable bonds is 3. The summed E-state index contributed by atoms with van der Waals surface area (Å²) in [7, 11) is 2.02. The summed E-state index contributed by atoms with van der Waals surface area (Å²) >= 11 is 1.85. The minimum absolute atomic E-state index is 0.0146. The summed E-state index contributed by atoms with van der Waals surface area (Å²) in [5.74, 6) is 2.21. The van der Waals surface area contributed by atoms with E-state index < -0.39 is 0 Å². The first-order valence-corrected chi connectivity index (χ1v) is 6.73. The Bertz CT molecular complexity index is 377. The van der Waals surface area contributed by atoms with Gasteiger partial charge in [0.05, 0.1) is 6.04 Å². The zero-order valence-corrected chi connectivity index (χ0v) is 10.5. The molecular weight excluding hydrogens is 222 g/mol. The van der Waals surface area contributed by atoms with E-state index in [-0.39, 0.29) is 11.8 Å². The van der Waals surface area contributed by atoms with Gasteiger partial charge in [0.15, 0.2) is 5.78 Å². The molecule has 1 aliphatic rings. The monoisotopic (exact) mass is 239 g/mol. The Morgan fingerprint density at radius 1 is 1.69 bits per heavy atom. The number of Topliss-reactive ketones (excluding diaryl/α,β-unsaturated/α-hetero) is 1. The number of nitrogens with zero attached hydrogens (tertiary/aromatic N) is 3. The lowest BCUT2D eigenvalue weighted by molar-refractivity contribution is 0.0863. The summed E-state index contributed by atoms with van der Waals surface area (Å²) in [6, 6.07) is 1.83. The quantitative estimate of drug-likeness (QED) is 0.741. The van der Waals surface area contributed by atoms with Crippen LogP contribution in [0.25, 0.3) is 0 Å². The van der Waals surface area contributed by atoms with Gasteiger partial charge in [0.25, 0.3) is 0 Å². The Kier molecular flexibility index (Phi) is 3.66. The first-order valence-electron chi connectivity index (χ1n) is 5.58. The maximum Gasteiger partial charge on any atom is 0.198 e. The third-order valence-corrected chi connectivity index (χ3v) is 3.99. The lowest BCUT2D eigenvalue weighted by atomic mass is 10.1. The molecule has 1 aromatic heterocycles. The molecule has 1 unspecified atom stereocenters. The van der Waals surface area contributed by atoms with Crippen molar-refractivity contribution < 1.29 is 4.79 Å². The van der Waals surface area contributed by atoms with Crippen LogP contribution in [0.4, 0.5) is 0 Å². The average molecular weight is 239 g/mol. The van der Waals surface area contributed by atoms with Gasteiger partial charge in [0.1, 0.15) is 5.69 Å². The van der Waals surface area contributed by atoms with E-state index in [2.05, 4.69) is 10.00 Å². The van der Waals surface area contributed by atoms with Gasteiger partial charge >= 0.3 is 0 Å². The fourth-order valence-corrected chi connectivity index (χ4v) is 3.14. The molecule has 4 nitrogen and oxygen atoms in total. The van der Waals surface area contributed by atoms with Crippen molar-refractivity contribution in [2.45, 2.75) is 19.5 Å². The number of likely N-dealkylation sites (N-methyl/N-ethyl adjacent to an activating group) is 1. The van der Waals surface area contributed by atoms with Gasteiger partial charge in [-0.15, -0.1) is 0 Å². The Morgan fingerprint density at radius 2 is 2.50 bits per heavy atom. The van der Waals surface area contributed by atoms with Crippen molar-refractivity contribution in [3.05, 3.63) is 18.0 Å². The molecule has 1 fully saturated rings. The van der Waals surface area contributed by atoms with Crippen LogP contribution in [0.5, 0.6) is 0 Å². The molecule has 2 heterocycles. The van der Waals surface area contributed by atoms with Gasteiger partial charge in [-0.05, 0) is 20.0 Å². The van der Waals surface area contributed by atoms with Gasteiger partial charge in [-0.1, -0.05) is 0 Å². The van der Waals surface area contributed by atoms with Crippen LogP contribution in [-0.4, -0.2) is 51.6 Å². The third kappa shape index (κ3) is 2.15. The van der Waals surface area contributed by atoms with Crippen molar-refractivity contribution in [1.29, 1.82) is 0 Å². The molecule has 0 aromatic carbocycles. The number of aryl methyl sites for hydroxylation is 1. The minimum Gasteiger partial charge on any atom is -0.295 e. The van der Waals surface area contributed by atoms with Crippen LogP contribution in [0.15, 0.2) is 12.3 Å². The van der Waals surface area contributed by atoms with Crippen molar-refractivity contribution in [3.63, 3.8) is 0 Å². The average Bonchev–Trinajstić information content (AvgIpc) is 2.77. The highest BCUT2D eigenvalue weighted by atomic mass is 32.2. The molecule has 1 saturated heterocycles. The van der Waals surface area contributed by atoms with Gasteiger partial charge in [-0.3, -0.25) is 14.4 Å². The SMILES string of the molecule is CCn1nccc1C(=O)C1CSCCN1C. The number of carbonyl (C=O) groups excluding carboxylic acids is 1. The summed E-state index contributed by atoms with van der Waals surface area (Å²) in [5, 5.41) is 4.15. The number of aromatic nitrogens is 2. The summed E-state index contributed by atoms with van der Waals surface area (Å²) < 4.78 is 1.77. The van der Waals surface area contributed by atoms with Gasteiger partial charge in [-0.25, -0.2) is 0 Å². The number of thioether (sulfide) groups is 1. The third-order valence-electron chi connectivity index (χ3n) is 2.97. The largest absolute Gasteiger partial charge is 0.295 e. The number of ketones is 1. The molecular formula is C11H17N3OS. The molecule has 16 heavy (non-hydrogen) atoms. The van der Waals surface area contributed by atoms with Crippen LogP contribution >= 0.6 is 11.8 Å². The van der Waals surface area contributed by atoms with E-state index in [1.54, 1.807) is 10.9 Å². The predicted molar refractivity (Wildman–Crippen MR) is 66.0 cm³/mol. The molecule has 0 bridgehead atoms. The fourth-order valence-electron chi connectivity index (χ4n) is 1.93. The molecule has 0 spiro atoms. The van der Waals surface area contributed by atoms with E-state index in [9.17, 15) is 4.79 Å². The summed E-state index contributed by atoms with van der Waals surface area (Å²) in [5.41, 5.74) is 0.738. The van der Waals surface area contributed by atoms with E-state index in [0.29, 0.717) is 0 Å². The lowest BCUT2D eigenvalue weighted by Gasteiger charge is -2.30. The zero-order chi connectivity index (χ0) is 11.5. The lowest BCUT2D eigenvalue weighted by Crippen LogP contribution is -2.45. The first kappa shape index (κ1) is 11.7. The second-order valence-electron chi connectivity index (χ2n) is 3.97. The second-order valence-corrected chi connectivity index (χ2v) is 5.12. The van der Waals surface area contributed by atoms with Crippen molar-refractivity contribution in [2.75, 3.05) is 25.1 Å². The molecule has 5 heteroatoms.